The van der Waals surface area contributed by atoms with Gasteiger partial charge in [0, 0.05) is 5.25 Å². The molecule has 4 heteroatoms. The largest absolute Gasteiger partial charge is 0.462 e. The van der Waals surface area contributed by atoms with Crippen LogP contribution < -0.4 is 0 Å². The second-order valence-corrected chi connectivity index (χ2v) is 5.60. The van der Waals surface area contributed by atoms with Crippen molar-refractivity contribution in [2.75, 3.05) is 6.61 Å². The number of hydrogen-bond acceptors (Lipinski definition) is 4. The molecule has 1 aliphatic rings. The number of carbonyl (C=O) groups is 1. The van der Waals surface area contributed by atoms with Crippen molar-refractivity contribution in [1.29, 1.82) is 0 Å². The van der Waals surface area contributed by atoms with Gasteiger partial charge in [0.2, 0.25) is 0 Å². The van der Waals surface area contributed by atoms with Crippen molar-refractivity contribution in [2.24, 2.45) is 5.92 Å². The molecule has 0 bridgehead atoms. The van der Waals surface area contributed by atoms with E-state index in [-0.39, 0.29) is 5.97 Å². The van der Waals surface area contributed by atoms with E-state index in [1.165, 1.54) is 0 Å². The minimum absolute atomic E-state index is 0.255. The van der Waals surface area contributed by atoms with Crippen LogP contribution in [0.3, 0.4) is 0 Å². The fourth-order valence-corrected chi connectivity index (χ4v) is 2.97. The van der Waals surface area contributed by atoms with E-state index >= 15 is 0 Å². The molecule has 0 amide bonds. The lowest BCUT2D eigenvalue weighted by atomic mass is 9.89. The van der Waals surface area contributed by atoms with E-state index in [0.717, 1.165) is 37.7 Å². The highest BCUT2D eigenvalue weighted by Crippen LogP contribution is 2.31. The summed E-state index contributed by atoms with van der Waals surface area (Å²) in [5.41, 5.74) is 0.599. The quantitative estimate of drug-likeness (QED) is 0.668. The maximum absolute atomic E-state index is 11.8. The summed E-state index contributed by atoms with van der Waals surface area (Å²) in [4.78, 5) is 11.8. The van der Waals surface area contributed by atoms with Crippen LogP contribution in [0.1, 0.15) is 36.0 Å². The summed E-state index contributed by atoms with van der Waals surface area (Å²) < 4.78 is 14.4. The number of benzene rings is 1. The number of ether oxygens (including phenoxy) is 1. The zero-order valence-electron chi connectivity index (χ0n) is 10.2. The number of esters is 1. The maximum atomic E-state index is 11.8. The van der Waals surface area contributed by atoms with E-state index in [9.17, 15) is 4.79 Å². The second kappa shape index (κ2) is 6.81. The molecule has 0 aromatic heterocycles. The molecule has 0 aliphatic heterocycles. The Morgan fingerprint density at radius 3 is 2.83 bits per heavy atom. The van der Waals surface area contributed by atoms with Gasteiger partial charge in [-0.15, -0.1) is 0 Å². The monoisotopic (exact) mass is 266 g/mol. The van der Waals surface area contributed by atoms with Crippen molar-refractivity contribution >= 4 is 18.0 Å². The first-order valence-corrected chi connectivity index (χ1v) is 7.15. The molecule has 0 radical (unpaired) electrons. The lowest BCUT2D eigenvalue weighted by Gasteiger charge is -2.26. The molecule has 1 aromatic rings. The highest BCUT2D eigenvalue weighted by Gasteiger charge is 2.23. The van der Waals surface area contributed by atoms with Crippen LogP contribution in [0.4, 0.5) is 0 Å². The van der Waals surface area contributed by atoms with Crippen molar-refractivity contribution in [3.63, 3.8) is 0 Å². The first kappa shape index (κ1) is 13.4. The number of carbonyl (C=O) groups excluding carboxylic acids is 1. The smallest absolute Gasteiger partial charge is 0.338 e. The van der Waals surface area contributed by atoms with Crippen LogP contribution in [0.5, 0.6) is 0 Å². The van der Waals surface area contributed by atoms with Crippen molar-refractivity contribution in [3.8, 4) is 0 Å². The lowest BCUT2D eigenvalue weighted by Crippen LogP contribution is -2.22. The highest BCUT2D eigenvalue weighted by atomic mass is 32.2. The first-order valence-electron chi connectivity index (χ1n) is 6.32. The molecule has 1 N–H and O–H groups in total. The predicted molar refractivity (Wildman–Crippen MR) is 72.7 cm³/mol. The van der Waals surface area contributed by atoms with E-state index in [2.05, 4.69) is 0 Å². The Labute approximate surface area is 112 Å². The lowest BCUT2D eigenvalue weighted by molar-refractivity contribution is 0.0412. The molecular weight excluding hydrogens is 248 g/mol. The molecule has 98 valence electrons. The van der Waals surface area contributed by atoms with Crippen LogP contribution in [0.15, 0.2) is 30.3 Å². The van der Waals surface area contributed by atoms with Crippen LogP contribution in [0.2, 0.25) is 0 Å². The molecule has 2 unspecified atom stereocenters. The van der Waals surface area contributed by atoms with Gasteiger partial charge in [0.05, 0.1) is 12.2 Å². The molecule has 0 spiro atoms. The fourth-order valence-electron chi connectivity index (χ4n) is 2.34. The summed E-state index contributed by atoms with van der Waals surface area (Å²) in [6, 6.07) is 9.05. The Morgan fingerprint density at radius 2 is 2.11 bits per heavy atom. The molecule has 1 aliphatic carbocycles. The molecule has 0 saturated heterocycles. The van der Waals surface area contributed by atoms with Gasteiger partial charge in [0.25, 0.3) is 0 Å². The van der Waals surface area contributed by atoms with Gasteiger partial charge in [-0.25, -0.2) is 4.79 Å². The Kier molecular flexibility index (Phi) is 5.08. The van der Waals surface area contributed by atoms with Gasteiger partial charge in [-0.05, 0) is 49.4 Å². The van der Waals surface area contributed by atoms with Crippen LogP contribution in [0, 0.1) is 5.92 Å². The third-order valence-electron chi connectivity index (χ3n) is 3.34. The Morgan fingerprint density at radius 1 is 1.33 bits per heavy atom. The van der Waals surface area contributed by atoms with E-state index in [4.69, 9.17) is 9.29 Å². The van der Waals surface area contributed by atoms with Gasteiger partial charge < -0.3 is 9.29 Å². The zero-order chi connectivity index (χ0) is 12.8. The van der Waals surface area contributed by atoms with Crippen molar-refractivity contribution in [2.45, 2.75) is 30.9 Å². The van der Waals surface area contributed by atoms with Crippen LogP contribution >= 0.6 is 12.0 Å². The minimum atomic E-state index is -0.255. The minimum Gasteiger partial charge on any atom is -0.462 e. The summed E-state index contributed by atoms with van der Waals surface area (Å²) >= 11 is 0.940. The van der Waals surface area contributed by atoms with E-state index < -0.39 is 0 Å². The average molecular weight is 266 g/mol. The van der Waals surface area contributed by atoms with Crippen molar-refractivity contribution in [1.82, 2.24) is 0 Å². The summed E-state index contributed by atoms with van der Waals surface area (Å²) in [6.45, 7) is 0.463. The standard InChI is InChI=1S/C14H18O3S/c15-14(12-6-2-1-3-7-12)17-10-11-5-4-8-13(9-11)18-16/h1-3,6-7,11,13,16H,4-5,8-10H2. The maximum Gasteiger partial charge on any atom is 0.338 e. The average Bonchev–Trinajstić information content (AvgIpc) is 2.46. The fraction of sp³-hybridized carbons (Fsp3) is 0.500. The van der Waals surface area contributed by atoms with Crippen LogP contribution in [-0.2, 0) is 4.74 Å². The topological polar surface area (TPSA) is 46.5 Å². The van der Waals surface area contributed by atoms with E-state index in [1.807, 2.05) is 18.2 Å². The summed E-state index contributed by atoms with van der Waals surface area (Å²) in [6.07, 6.45) is 4.18. The SMILES string of the molecule is O=C(OCC1CCCC(SO)C1)c1ccccc1. The zero-order valence-corrected chi connectivity index (χ0v) is 11.1. The van der Waals surface area contributed by atoms with Crippen molar-refractivity contribution in [3.05, 3.63) is 35.9 Å². The molecular formula is C14H18O3S. The van der Waals surface area contributed by atoms with Gasteiger partial charge in [0.15, 0.2) is 0 Å². The summed E-state index contributed by atoms with van der Waals surface area (Å²) in [7, 11) is 0. The predicted octanol–water partition coefficient (Wildman–Crippen LogP) is 3.61. The molecule has 2 atom stereocenters. The van der Waals surface area contributed by atoms with Gasteiger partial charge in [-0.2, -0.15) is 0 Å². The Balaban J connectivity index is 1.79. The van der Waals surface area contributed by atoms with Gasteiger partial charge in [0.1, 0.15) is 0 Å². The Hall–Kier alpha value is -1.00. The van der Waals surface area contributed by atoms with Crippen LogP contribution in [0.25, 0.3) is 0 Å². The molecule has 3 nitrogen and oxygen atoms in total. The number of rotatable bonds is 4. The molecule has 2 rings (SSSR count). The molecule has 0 heterocycles. The van der Waals surface area contributed by atoms with Crippen molar-refractivity contribution < 1.29 is 14.1 Å². The third-order valence-corrected chi connectivity index (χ3v) is 4.07. The van der Waals surface area contributed by atoms with Gasteiger partial charge >= 0.3 is 5.97 Å². The number of hydrogen-bond donors (Lipinski definition) is 1. The molecule has 1 aromatic carbocycles. The highest BCUT2D eigenvalue weighted by molar-refractivity contribution is 7.94. The normalized spacial score (nSPS) is 23.6. The third kappa shape index (κ3) is 3.75. The van der Waals surface area contributed by atoms with E-state index in [0.29, 0.717) is 23.3 Å². The molecule has 1 saturated carbocycles. The van der Waals surface area contributed by atoms with E-state index in [1.54, 1.807) is 12.1 Å². The Bertz CT molecular complexity index is 380. The van der Waals surface area contributed by atoms with Gasteiger partial charge in [-0.3, -0.25) is 0 Å². The van der Waals surface area contributed by atoms with Gasteiger partial charge in [-0.1, -0.05) is 24.6 Å². The van der Waals surface area contributed by atoms with Crippen LogP contribution in [-0.4, -0.2) is 22.4 Å². The second-order valence-electron chi connectivity index (χ2n) is 4.72. The first-order chi connectivity index (χ1) is 8.79. The molecule has 1 fully saturated rings. The summed E-state index contributed by atoms with van der Waals surface area (Å²) in [5.74, 6) is 0.130. The summed E-state index contributed by atoms with van der Waals surface area (Å²) in [5, 5.41) is 0.305. The molecule has 18 heavy (non-hydrogen) atoms.